The van der Waals surface area contributed by atoms with Crippen LogP contribution in [0.25, 0.3) is 0 Å². The lowest BCUT2D eigenvalue weighted by Gasteiger charge is -2.25. The maximum absolute atomic E-state index is 12.5. The first-order valence-electron chi connectivity index (χ1n) is 9.66. The predicted molar refractivity (Wildman–Crippen MR) is 113 cm³/mol. The average Bonchev–Trinajstić information content (AvgIpc) is 2.65. The average molecular weight is 404 g/mol. The van der Waals surface area contributed by atoms with Gasteiger partial charge in [0.2, 0.25) is 10.0 Å². The van der Waals surface area contributed by atoms with Crippen molar-refractivity contribution < 1.29 is 18.3 Å². The molecule has 0 saturated heterocycles. The molecule has 0 aliphatic rings. The molecule has 6 heteroatoms. The Morgan fingerprint density at radius 3 is 2.21 bits per heavy atom. The summed E-state index contributed by atoms with van der Waals surface area (Å²) < 4.78 is 26.4. The van der Waals surface area contributed by atoms with E-state index in [9.17, 15) is 13.2 Å². The third kappa shape index (κ3) is 6.68. The molecule has 0 aliphatic heterocycles. The first-order valence-corrected chi connectivity index (χ1v) is 11.5. The van der Waals surface area contributed by atoms with Crippen LogP contribution in [0.3, 0.4) is 0 Å². The molecule has 5 nitrogen and oxygen atoms in total. The quantitative estimate of drug-likeness (QED) is 0.603. The highest BCUT2D eigenvalue weighted by atomic mass is 32.2. The van der Waals surface area contributed by atoms with Crippen LogP contribution in [0.2, 0.25) is 0 Å². The summed E-state index contributed by atoms with van der Waals surface area (Å²) in [6, 6.07) is 15.4. The van der Waals surface area contributed by atoms with Crippen molar-refractivity contribution in [2.45, 2.75) is 52.0 Å². The Labute approximate surface area is 168 Å². The fraction of sp³-hybridized carbons (Fsp3) is 0.409. The zero-order valence-electron chi connectivity index (χ0n) is 16.6. The van der Waals surface area contributed by atoms with E-state index in [2.05, 4.69) is 19.1 Å². The van der Waals surface area contributed by atoms with Crippen LogP contribution in [0.15, 0.2) is 48.5 Å². The van der Waals surface area contributed by atoms with Gasteiger partial charge in [-0.3, -0.25) is 9.10 Å². The van der Waals surface area contributed by atoms with Gasteiger partial charge in [0, 0.05) is 6.42 Å². The Hall–Kier alpha value is -2.34. The molecule has 0 radical (unpaired) electrons. The summed E-state index contributed by atoms with van der Waals surface area (Å²) in [6.07, 6.45) is 5.56. The third-order valence-electron chi connectivity index (χ3n) is 4.67. The van der Waals surface area contributed by atoms with E-state index in [0.29, 0.717) is 18.5 Å². The van der Waals surface area contributed by atoms with Crippen LogP contribution >= 0.6 is 0 Å². The molecule has 2 rings (SSSR count). The van der Waals surface area contributed by atoms with Gasteiger partial charge < -0.3 is 5.11 Å². The maximum Gasteiger partial charge on any atom is 0.303 e. The SMILES string of the molecule is CCCCc1ccc(CN(c2ccccc2CCCC(=O)O)S(C)(=O)=O)cc1. The molecule has 2 aromatic carbocycles. The molecule has 2 aromatic rings. The topological polar surface area (TPSA) is 74.7 Å². The summed E-state index contributed by atoms with van der Waals surface area (Å²) in [5, 5.41) is 8.86. The molecule has 0 bridgehead atoms. The van der Waals surface area contributed by atoms with Crippen molar-refractivity contribution in [1.29, 1.82) is 0 Å². The Kier molecular flexibility index (Phi) is 8.05. The molecular weight excluding hydrogens is 374 g/mol. The van der Waals surface area contributed by atoms with Crippen LogP contribution in [0.1, 0.15) is 49.3 Å². The lowest BCUT2D eigenvalue weighted by atomic mass is 10.0. The van der Waals surface area contributed by atoms with E-state index >= 15 is 0 Å². The highest BCUT2D eigenvalue weighted by Crippen LogP contribution is 2.26. The lowest BCUT2D eigenvalue weighted by Crippen LogP contribution is -2.30. The Morgan fingerprint density at radius 2 is 1.61 bits per heavy atom. The van der Waals surface area contributed by atoms with Crippen molar-refractivity contribution in [2.75, 3.05) is 10.6 Å². The van der Waals surface area contributed by atoms with E-state index in [1.165, 1.54) is 16.1 Å². The maximum atomic E-state index is 12.5. The zero-order chi connectivity index (χ0) is 20.6. The summed E-state index contributed by atoms with van der Waals surface area (Å²) in [7, 11) is -3.49. The number of para-hydroxylation sites is 1. The van der Waals surface area contributed by atoms with Gasteiger partial charge in [0.05, 0.1) is 18.5 Å². The second-order valence-electron chi connectivity index (χ2n) is 7.07. The second-order valence-corrected chi connectivity index (χ2v) is 8.97. The Bertz CT molecular complexity index is 876. The van der Waals surface area contributed by atoms with Gasteiger partial charge in [-0.2, -0.15) is 0 Å². The smallest absolute Gasteiger partial charge is 0.303 e. The summed E-state index contributed by atoms with van der Waals surface area (Å²) in [6.45, 7) is 2.41. The molecule has 28 heavy (non-hydrogen) atoms. The van der Waals surface area contributed by atoms with Gasteiger partial charge in [0.1, 0.15) is 0 Å². The monoisotopic (exact) mass is 403 g/mol. The molecule has 152 valence electrons. The normalized spacial score (nSPS) is 11.4. The van der Waals surface area contributed by atoms with E-state index < -0.39 is 16.0 Å². The van der Waals surface area contributed by atoms with E-state index in [1.807, 2.05) is 30.3 Å². The first kappa shape index (κ1) is 22.0. The van der Waals surface area contributed by atoms with Crippen LogP contribution in [-0.4, -0.2) is 25.7 Å². The van der Waals surface area contributed by atoms with E-state index in [-0.39, 0.29) is 13.0 Å². The van der Waals surface area contributed by atoms with E-state index in [1.54, 1.807) is 6.07 Å². The zero-order valence-corrected chi connectivity index (χ0v) is 17.4. The Balaban J connectivity index is 2.24. The van der Waals surface area contributed by atoms with Crippen molar-refractivity contribution in [3.8, 4) is 0 Å². The molecule has 0 amide bonds. The molecule has 0 heterocycles. The number of carbonyl (C=O) groups is 1. The standard InChI is InChI=1S/C22H29NO4S/c1-3-4-8-18-13-15-19(16-14-18)17-23(28(2,26)27)21-11-6-5-9-20(21)10-7-12-22(24)25/h5-6,9,11,13-16H,3-4,7-8,10,12,17H2,1-2H3,(H,24,25). The van der Waals surface area contributed by atoms with Gasteiger partial charge in [-0.05, 0) is 48.4 Å². The van der Waals surface area contributed by atoms with Gasteiger partial charge in [-0.15, -0.1) is 0 Å². The van der Waals surface area contributed by atoms with Crippen LogP contribution in [0.4, 0.5) is 5.69 Å². The molecule has 0 aromatic heterocycles. The van der Waals surface area contributed by atoms with Gasteiger partial charge >= 0.3 is 5.97 Å². The Morgan fingerprint density at radius 1 is 0.964 bits per heavy atom. The second kappa shape index (κ2) is 10.3. The number of aliphatic carboxylic acids is 1. The van der Waals surface area contributed by atoms with Gasteiger partial charge in [-0.25, -0.2) is 8.42 Å². The van der Waals surface area contributed by atoms with Crippen molar-refractivity contribution in [2.24, 2.45) is 0 Å². The number of benzene rings is 2. The highest BCUT2D eigenvalue weighted by molar-refractivity contribution is 7.92. The lowest BCUT2D eigenvalue weighted by molar-refractivity contribution is -0.137. The van der Waals surface area contributed by atoms with E-state index in [0.717, 1.165) is 30.4 Å². The summed E-state index contributed by atoms with van der Waals surface area (Å²) >= 11 is 0. The van der Waals surface area contributed by atoms with Gasteiger partial charge in [-0.1, -0.05) is 55.8 Å². The number of rotatable bonds is 11. The summed E-state index contributed by atoms with van der Waals surface area (Å²) in [4.78, 5) is 10.8. The molecule has 0 fully saturated rings. The largest absolute Gasteiger partial charge is 0.481 e. The number of carboxylic acids is 1. The van der Waals surface area contributed by atoms with Crippen LogP contribution in [-0.2, 0) is 34.2 Å². The number of unbranched alkanes of at least 4 members (excludes halogenated alkanes) is 1. The van der Waals surface area contributed by atoms with Crippen molar-refractivity contribution >= 4 is 21.7 Å². The molecular formula is C22H29NO4S. The third-order valence-corrected chi connectivity index (χ3v) is 5.79. The fourth-order valence-electron chi connectivity index (χ4n) is 3.13. The van der Waals surface area contributed by atoms with Crippen LogP contribution in [0, 0.1) is 0 Å². The number of hydrogen-bond acceptors (Lipinski definition) is 3. The summed E-state index contributed by atoms with van der Waals surface area (Å²) in [5.41, 5.74) is 3.63. The minimum Gasteiger partial charge on any atom is -0.481 e. The minimum absolute atomic E-state index is 0.0619. The van der Waals surface area contributed by atoms with Crippen molar-refractivity contribution in [3.63, 3.8) is 0 Å². The number of nitrogens with zero attached hydrogens (tertiary/aromatic N) is 1. The summed E-state index contributed by atoms with van der Waals surface area (Å²) in [5.74, 6) is -0.847. The molecule has 0 aliphatic carbocycles. The number of aryl methyl sites for hydroxylation is 2. The van der Waals surface area contributed by atoms with Crippen molar-refractivity contribution in [3.05, 3.63) is 65.2 Å². The number of anilines is 1. The fourth-order valence-corrected chi connectivity index (χ4v) is 4.05. The van der Waals surface area contributed by atoms with E-state index in [4.69, 9.17) is 5.11 Å². The molecule has 0 spiro atoms. The number of sulfonamides is 1. The number of hydrogen-bond donors (Lipinski definition) is 1. The van der Waals surface area contributed by atoms with Gasteiger partial charge in [0.15, 0.2) is 0 Å². The van der Waals surface area contributed by atoms with Gasteiger partial charge in [0.25, 0.3) is 0 Å². The van der Waals surface area contributed by atoms with Crippen LogP contribution in [0.5, 0.6) is 0 Å². The predicted octanol–water partition coefficient (Wildman–Crippen LogP) is 4.40. The molecule has 0 saturated carbocycles. The minimum atomic E-state index is -3.49. The first-order chi connectivity index (χ1) is 13.3. The molecule has 0 unspecified atom stereocenters. The molecule has 1 N–H and O–H groups in total. The highest BCUT2D eigenvalue weighted by Gasteiger charge is 2.20. The van der Waals surface area contributed by atoms with Crippen molar-refractivity contribution in [1.82, 2.24) is 0 Å². The molecule has 0 atom stereocenters. The number of carboxylic acid groups (broad SMARTS) is 1. The van der Waals surface area contributed by atoms with Crippen LogP contribution < -0.4 is 4.31 Å².